The highest BCUT2D eigenvalue weighted by molar-refractivity contribution is 5.92. The first-order valence-electron chi connectivity index (χ1n) is 5.70. The van der Waals surface area contributed by atoms with Gasteiger partial charge in [-0.05, 0) is 26.7 Å². The van der Waals surface area contributed by atoms with Crippen molar-refractivity contribution in [3.63, 3.8) is 0 Å². The highest BCUT2D eigenvalue weighted by Crippen LogP contribution is 2.10. The number of hydrogen-bond donors (Lipinski definition) is 1. The van der Waals surface area contributed by atoms with E-state index in [9.17, 15) is 4.79 Å². The zero-order chi connectivity index (χ0) is 12.0. The van der Waals surface area contributed by atoms with Gasteiger partial charge in [0.25, 0.3) is 0 Å². The van der Waals surface area contributed by atoms with Crippen LogP contribution >= 0.6 is 0 Å². The lowest BCUT2D eigenvalue weighted by atomic mass is 10.0. The summed E-state index contributed by atoms with van der Waals surface area (Å²) >= 11 is 0. The Hall–Kier alpha value is -1.34. The van der Waals surface area contributed by atoms with Gasteiger partial charge in [0.15, 0.2) is 0 Å². The lowest BCUT2D eigenvalue weighted by Crippen LogP contribution is -2.44. The molecule has 1 rings (SSSR count). The average molecular weight is 221 g/mol. The molecule has 1 aliphatic rings. The van der Waals surface area contributed by atoms with Crippen LogP contribution in [-0.4, -0.2) is 36.5 Å². The number of nitriles is 1. The van der Waals surface area contributed by atoms with Crippen LogP contribution in [0.15, 0.2) is 11.6 Å². The molecule has 0 aliphatic carbocycles. The molecule has 0 atom stereocenters. The van der Waals surface area contributed by atoms with E-state index < -0.39 is 0 Å². The Morgan fingerprint density at radius 1 is 1.56 bits per heavy atom. The third kappa shape index (κ3) is 3.67. The van der Waals surface area contributed by atoms with Crippen LogP contribution < -0.4 is 5.32 Å². The van der Waals surface area contributed by atoms with Crippen molar-refractivity contribution < 1.29 is 4.79 Å². The molecule has 0 aromatic heterocycles. The molecule has 0 aromatic rings. The maximum absolute atomic E-state index is 11.6. The molecule has 0 radical (unpaired) electrons. The standard InChI is InChI=1S/C12H19N3O/c1-3-10(2)12(16)14-11-4-7-15(8-5-11)9-6-13/h3,11H,4-5,7-9H2,1-2H3,(H,14,16). The summed E-state index contributed by atoms with van der Waals surface area (Å²) in [6.45, 7) is 5.97. The molecule has 0 unspecified atom stereocenters. The third-order valence-corrected chi connectivity index (χ3v) is 3.01. The van der Waals surface area contributed by atoms with Gasteiger partial charge in [0.05, 0.1) is 12.6 Å². The number of nitrogens with one attached hydrogen (secondary N) is 1. The lowest BCUT2D eigenvalue weighted by molar-refractivity contribution is -0.118. The summed E-state index contributed by atoms with van der Waals surface area (Å²) in [4.78, 5) is 13.7. The molecule has 0 saturated carbocycles. The Balaban J connectivity index is 2.33. The maximum Gasteiger partial charge on any atom is 0.246 e. The number of hydrogen-bond acceptors (Lipinski definition) is 3. The van der Waals surface area contributed by atoms with Crippen molar-refractivity contribution in [3.8, 4) is 6.07 Å². The number of nitrogens with zero attached hydrogens (tertiary/aromatic N) is 2. The number of carbonyl (C=O) groups excluding carboxylic acids is 1. The second kappa shape index (κ2) is 6.29. The van der Waals surface area contributed by atoms with Crippen LogP contribution in [0.2, 0.25) is 0 Å². The number of rotatable bonds is 3. The van der Waals surface area contributed by atoms with Crippen molar-refractivity contribution in [1.29, 1.82) is 5.26 Å². The minimum absolute atomic E-state index is 0.0289. The maximum atomic E-state index is 11.6. The highest BCUT2D eigenvalue weighted by atomic mass is 16.1. The molecule has 0 aromatic carbocycles. The van der Waals surface area contributed by atoms with E-state index in [1.807, 2.05) is 19.9 Å². The molecule has 16 heavy (non-hydrogen) atoms. The number of piperidine rings is 1. The molecule has 1 heterocycles. The summed E-state index contributed by atoms with van der Waals surface area (Å²) in [6, 6.07) is 2.41. The fourth-order valence-corrected chi connectivity index (χ4v) is 1.77. The van der Waals surface area contributed by atoms with Crippen molar-refractivity contribution in [2.45, 2.75) is 32.7 Å². The molecule has 0 bridgehead atoms. The Morgan fingerprint density at radius 2 is 2.19 bits per heavy atom. The molecule has 4 heteroatoms. The van der Waals surface area contributed by atoms with Gasteiger partial charge >= 0.3 is 0 Å². The number of amides is 1. The van der Waals surface area contributed by atoms with E-state index in [0.29, 0.717) is 6.54 Å². The number of allylic oxidation sites excluding steroid dienone is 1. The second-order valence-corrected chi connectivity index (χ2v) is 4.15. The summed E-state index contributed by atoms with van der Waals surface area (Å²) in [5.74, 6) is 0.0289. The first-order chi connectivity index (χ1) is 7.67. The zero-order valence-corrected chi connectivity index (χ0v) is 9.99. The van der Waals surface area contributed by atoms with Crippen molar-refractivity contribution in [2.75, 3.05) is 19.6 Å². The van der Waals surface area contributed by atoms with E-state index in [1.165, 1.54) is 0 Å². The van der Waals surface area contributed by atoms with Crippen LogP contribution in [0.25, 0.3) is 0 Å². The van der Waals surface area contributed by atoms with Gasteiger partial charge in [0, 0.05) is 24.7 Å². The first-order valence-corrected chi connectivity index (χ1v) is 5.70. The molecule has 1 fully saturated rings. The van der Waals surface area contributed by atoms with Crippen LogP contribution in [0.5, 0.6) is 0 Å². The van der Waals surface area contributed by atoms with Gasteiger partial charge < -0.3 is 5.32 Å². The van der Waals surface area contributed by atoms with Gasteiger partial charge in [0.2, 0.25) is 5.91 Å². The van der Waals surface area contributed by atoms with Crippen LogP contribution in [0, 0.1) is 11.3 Å². The van der Waals surface area contributed by atoms with E-state index in [2.05, 4.69) is 16.3 Å². The number of likely N-dealkylation sites (tertiary alicyclic amines) is 1. The third-order valence-electron chi connectivity index (χ3n) is 3.01. The smallest absolute Gasteiger partial charge is 0.246 e. The predicted molar refractivity (Wildman–Crippen MR) is 62.6 cm³/mol. The monoisotopic (exact) mass is 221 g/mol. The lowest BCUT2D eigenvalue weighted by Gasteiger charge is -2.30. The average Bonchev–Trinajstić information content (AvgIpc) is 2.31. The van der Waals surface area contributed by atoms with Crippen LogP contribution in [-0.2, 0) is 4.79 Å². The topological polar surface area (TPSA) is 56.1 Å². The normalized spacial score (nSPS) is 19.2. The summed E-state index contributed by atoms with van der Waals surface area (Å²) in [5, 5.41) is 11.6. The summed E-state index contributed by atoms with van der Waals surface area (Å²) < 4.78 is 0. The molecule has 4 nitrogen and oxygen atoms in total. The van der Waals surface area contributed by atoms with Crippen LogP contribution in [0.4, 0.5) is 0 Å². The quantitative estimate of drug-likeness (QED) is 0.572. The van der Waals surface area contributed by atoms with Crippen molar-refractivity contribution in [2.24, 2.45) is 0 Å². The highest BCUT2D eigenvalue weighted by Gasteiger charge is 2.20. The molecule has 1 amide bonds. The van der Waals surface area contributed by atoms with Crippen molar-refractivity contribution >= 4 is 5.91 Å². The minimum Gasteiger partial charge on any atom is -0.350 e. The molecular weight excluding hydrogens is 202 g/mol. The second-order valence-electron chi connectivity index (χ2n) is 4.15. The van der Waals surface area contributed by atoms with Crippen LogP contribution in [0.1, 0.15) is 26.7 Å². The van der Waals surface area contributed by atoms with Crippen molar-refractivity contribution in [3.05, 3.63) is 11.6 Å². The van der Waals surface area contributed by atoms with Gasteiger partial charge in [-0.3, -0.25) is 9.69 Å². The first kappa shape index (κ1) is 12.7. The minimum atomic E-state index is 0.0289. The van der Waals surface area contributed by atoms with E-state index in [-0.39, 0.29) is 11.9 Å². The van der Waals surface area contributed by atoms with Gasteiger partial charge in [-0.15, -0.1) is 0 Å². The van der Waals surface area contributed by atoms with Gasteiger partial charge in [-0.25, -0.2) is 0 Å². The largest absolute Gasteiger partial charge is 0.350 e. The Kier molecular flexibility index (Phi) is 5.00. The van der Waals surface area contributed by atoms with Crippen molar-refractivity contribution in [1.82, 2.24) is 10.2 Å². The van der Waals surface area contributed by atoms with Gasteiger partial charge in [-0.1, -0.05) is 6.08 Å². The molecular formula is C12H19N3O. The molecule has 1 saturated heterocycles. The fourth-order valence-electron chi connectivity index (χ4n) is 1.77. The SMILES string of the molecule is CC=C(C)C(=O)NC1CCN(CC#N)CC1. The van der Waals surface area contributed by atoms with E-state index in [4.69, 9.17) is 5.26 Å². The zero-order valence-electron chi connectivity index (χ0n) is 9.99. The fraction of sp³-hybridized carbons (Fsp3) is 0.667. The van der Waals surface area contributed by atoms with E-state index >= 15 is 0 Å². The number of carbonyl (C=O) groups is 1. The summed E-state index contributed by atoms with van der Waals surface area (Å²) in [7, 11) is 0. The van der Waals surface area contributed by atoms with Crippen LogP contribution in [0.3, 0.4) is 0 Å². The molecule has 1 aliphatic heterocycles. The Bertz CT molecular complexity index is 309. The Labute approximate surface area is 96.9 Å². The van der Waals surface area contributed by atoms with Gasteiger partial charge in [0.1, 0.15) is 0 Å². The summed E-state index contributed by atoms with van der Waals surface area (Å²) in [5.41, 5.74) is 0.763. The predicted octanol–water partition coefficient (Wildman–Crippen LogP) is 1.06. The van der Waals surface area contributed by atoms with E-state index in [0.717, 1.165) is 31.5 Å². The molecule has 0 spiro atoms. The Morgan fingerprint density at radius 3 is 2.69 bits per heavy atom. The van der Waals surface area contributed by atoms with E-state index in [1.54, 1.807) is 0 Å². The molecule has 1 N–H and O–H groups in total. The molecule has 88 valence electrons. The van der Waals surface area contributed by atoms with Gasteiger partial charge in [-0.2, -0.15) is 5.26 Å². The summed E-state index contributed by atoms with van der Waals surface area (Å²) in [6.07, 6.45) is 3.69.